The molecule has 1 saturated heterocycles. The third-order valence-corrected chi connectivity index (χ3v) is 7.29. The van der Waals surface area contributed by atoms with E-state index in [-0.39, 0.29) is 23.0 Å². The van der Waals surface area contributed by atoms with Gasteiger partial charge >= 0.3 is 12.2 Å². The number of halogens is 4. The fourth-order valence-corrected chi connectivity index (χ4v) is 5.06. The van der Waals surface area contributed by atoms with Gasteiger partial charge in [0.25, 0.3) is 5.91 Å². The highest BCUT2D eigenvalue weighted by Gasteiger charge is 2.39. The quantitative estimate of drug-likeness (QED) is 0.257. The molecule has 0 unspecified atom stereocenters. The molecule has 5 rings (SSSR count). The number of aromatic nitrogens is 2. The first-order valence-electron chi connectivity index (χ1n) is 12.7. The molecule has 14 heteroatoms. The summed E-state index contributed by atoms with van der Waals surface area (Å²) < 4.78 is 60.3. The number of hydrogen-bond acceptors (Lipinski definition) is 7. The molecule has 1 fully saturated rings. The minimum Gasteiger partial charge on any atom is -0.486 e. The monoisotopic (exact) mass is 600 g/mol. The number of alkyl halides is 3. The van der Waals surface area contributed by atoms with Gasteiger partial charge in [-0.05, 0) is 36.4 Å². The van der Waals surface area contributed by atoms with Crippen LogP contribution in [0.15, 0.2) is 72.9 Å². The van der Waals surface area contributed by atoms with Gasteiger partial charge in [0.2, 0.25) is 0 Å². The van der Waals surface area contributed by atoms with Crippen molar-refractivity contribution in [2.75, 3.05) is 41.7 Å². The summed E-state index contributed by atoms with van der Waals surface area (Å²) in [5, 5.41) is 5.02. The minimum atomic E-state index is -4.83. The molecule has 9 nitrogen and oxygen atoms in total. The average molecular weight is 601 g/mol. The Bertz CT molecular complexity index is 1540. The van der Waals surface area contributed by atoms with Crippen molar-refractivity contribution < 1.29 is 31.9 Å². The molecule has 0 saturated carbocycles. The van der Waals surface area contributed by atoms with E-state index in [1.165, 1.54) is 30.5 Å². The second-order valence-corrected chi connectivity index (χ2v) is 10.2. The van der Waals surface area contributed by atoms with Crippen LogP contribution in [-0.2, 0) is 12.8 Å². The lowest BCUT2D eigenvalue weighted by molar-refractivity contribution is -0.141. The molecule has 4 aromatic rings. The maximum absolute atomic E-state index is 13.8. The van der Waals surface area contributed by atoms with Crippen molar-refractivity contribution in [2.24, 2.45) is 0 Å². The Kier molecular flexibility index (Phi) is 8.52. The zero-order valence-electron chi connectivity index (χ0n) is 21.9. The Morgan fingerprint density at radius 1 is 0.929 bits per heavy atom. The minimum absolute atomic E-state index is 0.00604. The highest BCUT2D eigenvalue weighted by atomic mass is 32.1. The van der Waals surface area contributed by atoms with Crippen LogP contribution >= 0.6 is 11.3 Å². The van der Waals surface area contributed by atoms with Crippen LogP contribution in [0.3, 0.4) is 0 Å². The van der Waals surface area contributed by atoms with Gasteiger partial charge in [0.05, 0.1) is 17.6 Å². The topological polar surface area (TPSA) is 99.7 Å². The number of rotatable bonds is 7. The van der Waals surface area contributed by atoms with Gasteiger partial charge in [-0.15, -0.1) is 11.3 Å². The number of urea groups is 1. The van der Waals surface area contributed by atoms with Gasteiger partial charge in [0.1, 0.15) is 33.9 Å². The molecule has 0 spiro atoms. The highest BCUT2D eigenvalue weighted by molar-refractivity contribution is 7.13. The Balaban J connectivity index is 1.18. The maximum Gasteiger partial charge on any atom is 0.435 e. The molecule has 0 aliphatic carbocycles. The molecule has 2 aromatic carbocycles. The van der Waals surface area contributed by atoms with Gasteiger partial charge in [0, 0.05) is 26.2 Å². The first-order chi connectivity index (χ1) is 20.2. The van der Waals surface area contributed by atoms with Crippen LogP contribution in [-0.4, -0.2) is 53.0 Å². The van der Waals surface area contributed by atoms with Crippen LogP contribution < -0.4 is 20.3 Å². The Hall–Kier alpha value is -4.72. The van der Waals surface area contributed by atoms with Crippen molar-refractivity contribution in [1.82, 2.24) is 14.9 Å². The fourth-order valence-electron chi connectivity index (χ4n) is 4.16. The molecule has 1 aliphatic rings. The summed E-state index contributed by atoms with van der Waals surface area (Å²) in [7, 11) is 0. The molecule has 1 aliphatic heterocycles. The summed E-state index contributed by atoms with van der Waals surface area (Å²) in [6.07, 6.45) is -3.48. The van der Waals surface area contributed by atoms with Gasteiger partial charge in [-0.2, -0.15) is 13.2 Å². The molecular weight excluding hydrogens is 576 g/mol. The van der Waals surface area contributed by atoms with E-state index < -0.39 is 34.5 Å². The lowest BCUT2D eigenvalue weighted by atomic mass is 10.3. The van der Waals surface area contributed by atoms with E-state index >= 15 is 0 Å². The standard InChI is InChI=1S/C28H24F4N6O3S/c29-20-8-4-5-9-21(20)35-27(40)38-14-12-37(13-15-38)22-11-10-18(16-33-22)34-26(39)24-25(28(30,31)32)36-23(42-24)17-41-19-6-2-1-3-7-19/h1-11,16H,12-15,17H2,(H,34,39)(H,35,40). The van der Waals surface area contributed by atoms with Gasteiger partial charge in [-0.25, -0.2) is 19.2 Å². The number of benzene rings is 2. The number of carbonyl (C=O) groups excluding carboxylic acids is 2. The molecule has 3 heterocycles. The van der Waals surface area contributed by atoms with Gasteiger partial charge in [-0.1, -0.05) is 30.3 Å². The van der Waals surface area contributed by atoms with Crippen LogP contribution in [0.2, 0.25) is 0 Å². The maximum atomic E-state index is 13.8. The summed E-state index contributed by atoms with van der Waals surface area (Å²) in [6.45, 7) is 1.41. The van der Waals surface area contributed by atoms with E-state index in [0.717, 1.165) is 0 Å². The van der Waals surface area contributed by atoms with Crippen LogP contribution in [0.1, 0.15) is 20.4 Å². The molecular formula is C28H24F4N6O3S. The smallest absolute Gasteiger partial charge is 0.435 e. The van der Waals surface area contributed by atoms with Crippen molar-refractivity contribution in [3.05, 3.63) is 94.3 Å². The largest absolute Gasteiger partial charge is 0.486 e. The molecule has 42 heavy (non-hydrogen) atoms. The third kappa shape index (κ3) is 6.94. The fraction of sp³-hybridized carbons (Fsp3) is 0.214. The van der Waals surface area contributed by atoms with Crippen molar-refractivity contribution in [1.29, 1.82) is 0 Å². The SMILES string of the molecule is O=C(Nc1ccc(N2CCN(C(=O)Nc3ccccc3F)CC2)nc1)c1sc(COc2ccccc2)nc1C(F)(F)F. The van der Waals surface area contributed by atoms with E-state index in [2.05, 4.69) is 20.6 Å². The highest BCUT2D eigenvalue weighted by Crippen LogP contribution is 2.35. The summed E-state index contributed by atoms with van der Waals surface area (Å²) in [5.74, 6) is -0.458. The Labute approximate surface area is 241 Å². The van der Waals surface area contributed by atoms with Crippen molar-refractivity contribution in [2.45, 2.75) is 12.8 Å². The zero-order chi connectivity index (χ0) is 29.7. The summed E-state index contributed by atoms with van der Waals surface area (Å²) in [6, 6.07) is 17.2. The Morgan fingerprint density at radius 3 is 2.31 bits per heavy atom. The molecule has 0 bridgehead atoms. The number of carbonyl (C=O) groups is 2. The van der Waals surface area contributed by atoms with E-state index in [0.29, 0.717) is 49.1 Å². The number of thiazole rings is 1. The van der Waals surface area contributed by atoms with Crippen molar-refractivity contribution in [3.8, 4) is 5.75 Å². The summed E-state index contributed by atoms with van der Waals surface area (Å²) in [4.78, 5) is 36.2. The average Bonchev–Trinajstić information content (AvgIpc) is 3.44. The first-order valence-corrected chi connectivity index (χ1v) is 13.6. The van der Waals surface area contributed by atoms with Gasteiger partial charge < -0.3 is 25.2 Å². The van der Waals surface area contributed by atoms with Gasteiger partial charge in [0.15, 0.2) is 5.69 Å². The first kappa shape index (κ1) is 28.8. The number of nitrogens with zero attached hydrogens (tertiary/aromatic N) is 4. The summed E-state index contributed by atoms with van der Waals surface area (Å²) >= 11 is 0.608. The number of para-hydroxylation sites is 2. The predicted molar refractivity (Wildman–Crippen MR) is 149 cm³/mol. The summed E-state index contributed by atoms with van der Waals surface area (Å²) in [5.41, 5.74) is -0.977. The molecule has 2 N–H and O–H groups in total. The number of ether oxygens (including phenoxy) is 1. The van der Waals surface area contributed by atoms with E-state index in [9.17, 15) is 27.2 Å². The van der Waals surface area contributed by atoms with Gasteiger partial charge in [-0.3, -0.25) is 4.79 Å². The van der Waals surface area contributed by atoms with E-state index in [1.807, 2.05) is 4.90 Å². The second-order valence-electron chi connectivity index (χ2n) is 9.13. The van der Waals surface area contributed by atoms with Crippen LogP contribution in [0.4, 0.5) is 39.5 Å². The lowest BCUT2D eigenvalue weighted by Crippen LogP contribution is -2.50. The van der Waals surface area contributed by atoms with Crippen molar-refractivity contribution >= 4 is 40.5 Å². The number of piperazine rings is 1. The number of hydrogen-bond donors (Lipinski definition) is 2. The lowest BCUT2D eigenvalue weighted by Gasteiger charge is -2.35. The Morgan fingerprint density at radius 2 is 1.64 bits per heavy atom. The second kappa shape index (κ2) is 12.4. The third-order valence-electron chi connectivity index (χ3n) is 6.26. The zero-order valence-corrected chi connectivity index (χ0v) is 22.7. The number of pyridine rings is 1. The normalized spacial score (nSPS) is 13.5. The molecule has 218 valence electrons. The number of amides is 3. The molecule has 3 amide bonds. The number of anilines is 3. The van der Waals surface area contributed by atoms with E-state index in [4.69, 9.17) is 4.74 Å². The molecule has 0 atom stereocenters. The van der Waals surface area contributed by atoms with Crippen molar-refractivity contribution in [3.63, 3.8) is 0 Å². The van der Waals surface area contributed by atoms with Crippen LogP contribution in [0.25, 0.3) is 0 Å². The van der Waals surface area contributed by atoms with Crippen LogP contribution in [0, 0.1) is 5.82 Å². The van der Waals surface area contributed by atoms with E-state index in [1.54, 1.807) is 47.4 Å². The molecule has 0 radical (unpaired) electrons. The predicted octanol–water partition coefficient (Wildman–Crippen LogP) is 5.88. The molecule has 2 aromatic heterocycles. The van der Waals surface area contributed by atoms with Crippen LogP contribution in [0.5, 0.6) is 5.75 Å². The number of nitrogens with one attached hydrogen (secondary N) is 2.